The zero-order valence-electron chi connectivity index (χ0n) is 17.8. The largest absolute Gasteiger partial charge is 0.438 e. The summed E-state index contributed by atoms with van der Waals surface area (Å²) in [4.78, 5) is 32.6. The first-order valence-corrected chi connectivity index (χ1v) is 11.4. The van der Waals surface area contributed by atoms with Crippen molar-refractivity contribution in [3.8, 4) is 11.3 Å². The van der Waals surface area contributed by atoms with Crippen LogP contribution in [0.1, 0.15) is 69.5 Å². The standard InChI is InChI=1S/C23H28N4O3S/c1-3-17(29)11-7-8-12-18(19-14-31-23(24)27-19)21(26-15(2)28)22-25-13-20(30-22)16-9-5-4-6-10-16/h4-6,9-10,13-14,18,21H,3,7-8,11-12H2,1-2H3,(H2,24,27)(H,26,28)/t18-,21+/m1/s1. The fourth-order valence-electron chi connectivity index (χ4n) is 3.54. The molecule has 0 saturated carbocycles. The van der Waals surface area contributed by atoms with E-state index in [0.717, 1.165) is 24.1 Å². The third-order valence-electron chi connectivity index (χ3n) is 5.14. The number of benzene rings is 1. The van der Waals surface area contributed by atoms with E-state index in [1.807, 2.05) is 42.6 Å². The maximum atomic E-state index is 12.0. The molecule has 0 aliphatic heterocycles. The minimum atomic E-state index is -0.488. The van der Waals surface area contributed by atoms with E-state index < -0.39 is 6.04 Å². The first kappa shape index (κ1) is 22.7. The molecule has 7 nitrogen and oxygen atoms in total. The van der Waals surface area contributed by atoms with Crippen molar-refractivity contribution in [2.75, 3.05) is 5.73 Å². The van der Waals surface area contributed by atoms with Crippen molar-refractivity contribution in [3.05, 3.63) is 53.5 Å². The quantitative estimate of drug-likeness (QED) is 0.411. The van der Waals surface area contributed by atoms with Crippen molar-refractivity contribution in [3.63, 3.8) is 0 Å². The number of nitrogens with one attached hydrogen (secondary N) is 1. The van der Waals surface area contributed by atoms with Gasteiger partial charge >= 0.3 is 0 Å². The molecule has 2 heterocycles. The van der Waals surface area contributed by atoms with Crippen molar-refractivity contribution >= 4 is 28.2 Å². The van der Waals surface area contributed by atoms with Crippen molar-refractivity contribution < 1.29 is 14.0 Å². The highest BCUT2D eigenvalue weighted by Gasteiger charge is 2.31. The number of amides is 1. The van der Waals surface area contributed by atoms with Gasteiger partial charge in [-0.05, 0) is 12.8 Å². The predicted molar refractivity (Wildman–Crippen MR) is 122 cm³/mol. The van der Waals surface area contributed by atoms with Crippen molar-refractivity contribution in [1.29, 1.82) is 0 Å². The SMILES string of the molecule is CCC(=O)CCCC[C@H](c1csc(N)n1)[C@H](NC(C)=O)c1ncc(-c2ccccc2)o1. The molecule has 2 atom stereocenters. The van der Waals surface area contributed by atoms with Gasteiger partial charge in [0.25, 0.3) is 0 Å². The second-order valence-electron chi connectivity index (χ2n) is 7.46. The van der Waals surface area contributed by atoms with E-state index in [-0.39, 0.29) is 17.6 Å². The number of carbonyl (C=O) groups is 2. The molecule has 0 aliphatic carbocycles. The highest BCUT2D eigenvalue weighted by Crippen LogP contribution is 2.37. The molecule has 3 N–H and O–H groups in total. The van der Waals surface area contributed by atoms with E-state index >= 15 is 0 Å². The number of anilines is 1. The van der Waals surface area contributed by atoms with E-state index in [1.54, 1.807) is 6.20 Å². The number of Topliss-reactive ketones (excluding diaryl/α,β-unsaturated/α-hetero) is 1. The zero-order valence-corrected chi connectivity index (χ0v) is 18.7. The lowest BCUT2D eigenvalue weighted by Gasteiger charge is -2.24. The van der Waals surface area contributed by atoms with Gasteiger partial charge in [-0.2, -0.15) is 0 Å². The van der Waals surface area contributed by atoms with Gasteiger partial charge in [0.2, 0.25) is 11.8 Å². The summed E-state index contributed by atoms with van der Waals surface area (Å²) in [6.45, 7) is 3.35. The number of rotatable bonds is 11. The molecule has 3 aromatic rings. The zero-order chi connectivity index (χ0) is 22.2. The van der Waals surface area contributed by atoms with Crippen molar-refractivity contribution in [1.82, 2.24) is 15.3 Å². The summed E-state index contributed by atoms with van der Waals surface area (Å²) in [5, 5.41) is 5.37. The third kappa shape index (κ3) is 6.24. The number of nitrogens with two attached hydrogens (primary N) is 1. The van der Waals surface area contributed by atoms with Gasteiger partial charge in [0.1, 0.15) is 11.8 Å². The summed E-state index contributed by atoms with van der Waals surface area (Å²) in [5.41, 5.74) is 7.59. The van der Waals surface area contributed by atoms with E-state index in [9.17, 15) is 9.59 Å². The Morgan fingerprint density at radius 2 is 2.00 bits per heavy atom. The molecule has 1 aromatic carbocycles. The average molecular weight is 441 g/mol. The molecule has 31 heavy (non-hydrogen) atoms. The van der Waals surface area contributed by atoms with Gasteiger partial charge < -0.3 is 15.5 Å². The van der Waals surface area contributed by atoms with Crippen LogP contribution < -0.4 is 11.1 Å². The topological polar surface area (TPSA) is 111 Å². The highest BCUT2D eigenvalue weighted by atomic mass is 32.1. The number of nitrogen functional groups attached to an aromatic ring is 1. The fraction of sp³-hybridized carbons (Fsp3) is 0.391. The Labute approximate surface area is 186 Å². The lowest BCUT2D eigenvalue weighted by molar-refractivity contribution is -0.120. The summed E-state index contributed by atoms with van der Waals surface area (Å²) in [7, 11) is 0. The monoisotopic (exact) mass is 440 g/mol. The molecule has 8 heteroatoms. The Balaban J connectivity index is 1.87. The number of oxazole rings is 1. The summed E-state index contributed by atoms with van der Waals surface area (Å²) < 4.78 is 6.07. The van der Waals surface area contributed by atoms with Crippen molar-refractivity contribution in [2.24, 2.45) is 0 Å². The number of aromatic nitrogens is 2. The maximum Gasteiger partial charge on any atom is 0.218 e. The average Bonchev–Trinajstić information content (AvgIpc) is 3.42. The van der Waals surface area contributed by atoms with Gasteiger partial charge in [0, 0.05) is 36.6 Å². The minimum absolute atomic E-state index is 0.170. The van der Waals surface area contributed by atoms with Gasteiger partial charge in [-0.25, -0.2) is 9.97 Å². The van der Waals surface area contributed by atoms with Crippen LogP contribution >= 0.6 is 11.3 Å². The Morgan fingerprint density at radius 1 is 1.23 bits per heavy atom. The number of thiazole rings is 1. The Bertz CT molecular complexity index is 999. The molecular weight excluding hydrogens is 412 g/mol. The van der Waals surface area contributed by atoms with Crippen LogP contribution in [0.15, 0.2) is 46.3 Å². The molecule has 164 valence electrons. The summed E-state index contributed by atoms with van der Waals surface area (Å²) in [5.74, 6) is 0.967. The van der Waals surface area contributed by atoms with Crippen LogP contribution in [-0.4, -0.2) is 21.7 Å². The molecule has 0 radical (unpaired) electrons. The summed E-state index contributed by atoms with van der Waals surface area (Å²) >= 11 is 1.36. The van der Waals surface area contributed by atoms with Gasteiger partial charge in [-0.15, -0.1) is 11.3 Å². The number of carbonyl (C=O) groups excluding carboxylic acids is 2. The molecule has 3 rings (SSSR count). The Kier molecular flexibility index (Phi) is 7.94. The number of nitrogens with zero attached hydrogens (tertiary/aromatic N) is 2. The van der Waals surface area contributed by atoms with E-state index in [0.29, 0.717) is 36.0 Å². The van der Waals surface area contributed by atoms with E-state index in [1.165, 1.54) is 18.3 Å². The molecule has 0 unspecified atom stereocenters. The Morgan fingerprint density at radius 3 is 2.65 bits per heavy atom. The van der Waals surface area contributed by atoms with E-state index in [2.05, 4.69) is 15.3 Å². The molecule has 0 aliphatic rings. The molecule has 0 fully saturated rings. The van der Waals surface area contributed by atoms with Gasteiger partial charge in [-0.3, -0.25) is 9.59 Å². The lowest BCUT2D eigenvalue weighted by atomic mass is 9.90. The smallest absolute Gasteiger partial charge is 0.218 e. The molecule has 0 saturated heterocycles. The maximum absolute atomic E-state index is 12.0. The molecule has 2 aromatic heterocycles. The first-order valence-electron chi connectivity index (χ1n) is 10.5. The van der Waals surface area contributed by atoms with Crippen LogP contribution in [0.3, 0.4) is 0 Å². The Hall–Kier alpha value is -3.00. The molecule has 1 amide bonds. The highest BCUT2D eigenvalue weighted by molar-refractivity contribution is 7.13. The minimum Gasteiger partial charge on any atom is -0.438 e. The van der Waals surface area contributed by atoms with Crippen LogP contribution in [0.5, 0.6) is 0 Å². The lowest BCUT2D eigenvalue weighted by Crippen LogP contribution is -2.31. The van der Waals surface area contributed by atoms with Crippen molar-refractivity contribution in [2.45, 2.75) is 57.9 Å². The molecule has 0 bridgehead atoms. The molecular formula is C23H28N4O3S. The summed E-state index contributed by atoms with van der Waals surface area (Å²) in [6.07, 6.45) is 5.11. The van der Waals surface area contributed by atoms with Crippen LogP contribution in [0, 0.1) is 0 Å². The number of hydrogen-bond donors (Lipinski definition) is 2. The predicted octanol–water partition coefficient (Wildman–Crippen LogP) is 4.88. The second-order valence-corrected chi connectivity index (χ2v) is 8.35. The van der Waals surface area contributed by atoms with Gasteiger partial charge in [0.05, 0.1) is 11.9 Å². The van der Waals surface area contributed by atoms with Gasteiger partial charge in [-0.1, -0.05) is 43.7 Å². The van der Waals surface area contributed by atoms with Crippen LogP contribution in [-0.2, 0) is 9.59 Å². The van der Waals surface area contributed by atoms with Gasteiger partial charge in [0.15, 0.2) is 10.9 Å². The number of ketones is 1. The fourth-order valence-corrected chi connectivity index (χ4v) is 4.17. The molecule has 0 spiro atoms. The normalized spacial score (nSPS) is 13.0. The van der Waals surface area contributed by atoms with Crippen LogP contribution in [0.2, 0.25) is 0 Å². The third-order valence-corrected chi connectivity index (χ3v) is 5.84. The summed E-state index contributed by atoms with van der Waals surface area (Å²) in [6, 6.07) is 9.20. The van der Waals surface area contributed by atoms with E-state index in [4.69, 9.17) is 10.2 Å². The van der Waals surface area contributed by atoms with Crippen LogP contribution in [0.4, 0.5) is 5.13 Å². The number of unbranched alkanes of at least 4 members (excludes halogenated alkanes) is 1. The second kappa shape index (κ2) is 10.9. The first-order chi connectivity index (χ1) is 15.0. The van der Waals surface area contributed by atoms with Crippen LogP contribution in [0.25, 0.3) is 11.3 Å². The number of hydrogen-bond acceptors (Lipinski definition) is 7.